The predicted molar refractivity (Wildman–Crippen MR) is 191 cm³/mol. The highest BCUT2D eigenvalue weighted by Crippen LogP contribution is 2.41. The maximum absolute atomic E-state index is 14.1. The molecular formula is C36H34F2N10O7. The molecule has 0 spiro atoms. The summed E-state index contributed by atoms with van der Waals surface area (Å²) in [7, 11) is 0. The number of nitrogens with two attached hydrogens (primary N) is 1. The van der Waals surface area contributed by atoms with Crippen LogP contribution < -0.4 is 40.6 Å². The topological polar surface area (TPSA) is 214 Å². The number of aromatic nitrogens is 6. The molecule has 4 aliphatic rings. The summed E-state index contributed by atoms with van der Waals surface area (Å²) in [5, 5.41) is 26.5. The standard InChI is InChI=1S/C18H18FN5O4.C18H16FN5O3/c1-9(12-4-10(19)5-14-16(12)27-8-11(6-20)28-14)22-15-2-3-24-17(23-15)13(7-21-24)18(25)26;1-9-12-4-10(19)5-14-16(12)26-8-11(27-14)6-20-18(25)13-7-21-24-3-2-15(22-9)23-17(13)24/h2-5,7,9,11H,6,8,20H2,1H3,(H,22,23)(H,25,26);2-5,7,9,11H,6,8H2,1H3,(H,20,25)(H,22,23)/t2*9?,11-/m00/s1. The lowest BCUT2D eigenvalue weighted by Gasteiger charge is -2.30. The summed E-state index contributed by atoms with van der Waals surface area (Å²) in [5.74, 6) is 0.224. The lowest BCUT2D eigenvalue weighted by Crippen LogP contribution is -2.41. The van der Waals surface area contributed by atoms with E-state index in [1.54, 1.807) is 24.5 Å². The maximum atomic E-state index is 14.1. The third kappa shape index (κ3) is 6.92. The van der Waals surface area contributed by atoms with Crippen LogP contribution in [-0.2, 0) is 0 Å². The quantitative estimate of drug-likeness (QED) is 0.170. The fraction of sp³-hybridized carbons (Fsp3) is 0.278. The minimum Gasteiger partial charge on any atom is -0.485 e. The molecule has 0 saturated carbocycles. The molecule has 4 aliphatic heterocycles. The number of hydrogen-bond donors (Lipinski definition) is 5. The molecule has 0 fully saturated rings. The number of nitrogens with one attached hydrogen (secondary N) is 3. The van der Waals surface area contributed by atoms with Crippen molar-refractivity contribution in [3.63, 3.8) is 0 Å². The Kier molecular flexibility index (Phi) is 9.13. The van der Waals surface area contributed by atoms with Gasteiger partial charge in [0, 0.05) is 42.2 Å². The first-order valence-electron chi connectivity index (χ1n) is 17.2. The first-order valence-corrected chi connectivity index (χ1v) is 17.2. The van der Waals surface area contributed by atoms with Crippen molar-refractivity contribution in [2.75, 3.05) is 36.9 Å². The number of rotatable bonds is 5. The number of ether oxygens (including phenoxy) is 4. The van der Waals surface area contributed by atoms with Gasteiger partial charge < -0.3 is 45.7 Å². The largest absolute Gasteiger partial charge is 0.485 e. The molecule has 6 aromatic rings. The van der Waals surface area contributed by atoms with Crippen LogP contribution in [0.2, 0.25) is 0 Å². The molecule has 1 amide bonds. The van der Waals surface area contributed by atoms with E-state index < -0.39 is 29.7 Å². The summed E-state index contributed by atoms with van der Waals surface area (Å²) in [4.78, 5) is 32.6. The fourth-order valence-corrected chi connectivity index (χ4v) is 6.41. The third-order valence-electron chi connectivity index (χ3n) is 9.14. The smallest absolute Gasteiger partial charge is 0.341 e. The number of fused-ring (bicyclic) bond motifs is 6. The lowest BCUT2D eigenvalue weighted by molar-refractivity contribution is 0.0698. The molecule has 19 heteroatoms. The molecule has 10 rings (SSSR count). The van der Waals surface area contributed by atoms with E-state index in [0.717, 1.165) is 0 Å². The van der Waals surface area contributed by atoms with Gasteiger partial charge in [-0.15, -0.1) is 0 Å². The Balaban J connectivity index is 0.000000155. The van der Waals surface area contributed by atoms with Crippen molar-refractivity contribution in [2.45, 2.75) is 38.1 Å². The maximum Gasteiger partial charge on any atom is 0.341 e. The predicted octanol–water partition coefficient (Wildman–Crippen LogP) is 3.76. The van der Waals surface area contributed by atoms with Crippen molar-refractivity contribution in [2.24, 2.45) is 5.73 Å². The van der Waals surface area contributed by atoms with E-state index in [9.17, 15) is 23.5 Å². The molecule has 17 nitrogen and oxygen atoms in total. The van der Waals surface area contributed by atoms with E-state index in [-0.39, 0.29) is 55.6 Å². The monoisotopic (exact) mass is 756 g/mol. The molecule has 6 bridgehead atoms. The lowest BCUT2D eigenvalue weighted by atomic mass is 10.1. The summed E-state index contributed by atoms with van der Waals surface area (Å²) in [5.41, 5.74) is 7.79. The number of carboxylic acid groups (broad SMARTS) is 1. The van der Waals surface area contributed by atoms with Crippen molar-refractivity contribution >= 4 is 34.8 Å². The Morgan fingerprint density at radius 1 is 1.00 bits per heavy atom. The Hall–Kier alpha value is -6.76. The molecule has 55 heavy (non-hydrogen) atoms. The normalized spacial score (nSPS) is 18.9. The minimum atomic E-state index is -1.12. The summed E-state index contributed by atoms with van der Waals surface area (Å²) in [6.07, 6.45) is 5.27. The summed E-state index contributed by atoms with van der Waals surface area (Å²) < 4.78 is 54.3. The molecule has 2 unspecified atom stereocenters. The molecule has 284 valence electrons. The molecule has 6 N–H and O–H groups in total. The highest BCUT2D eigenvalue weighted by atomic mass is 19.1. The van der Waals surface area contributed by atoms with E-state index in [2.05, 4.69) is 36.1 Å². The second kappa shape index (κ2) is 14.2. The Labute approximate surface area is 310 Å². The van der Waals surface area contributed by atoms with Crippen molar-refractivity contribution in [3.05, 3.63) is 95.1 Å². The average Bonchev–Trinajstić information content (AvgIpc) is 3.80. The van der Waals surface area contributed by atoms with Crippen LogP contribution in [0.4, 0.5) is 20.4 Å². The molecule has 4 atom stereocenters. The summed E-state index contributed by atoms with van der Waals surface area (Å²) in [6.45, 7) is 4.71. The molecule has 0 radical (unpaired) electrons. The van der Waals surface area contributed by atoms with E-state index in [1.807, 2.05) is 13.8 Å². The van der Waals surface area contributed by atoms with Crippen molar-refractivity contribution in [3.8, 4) is 23.0 Å². The van der Waals surface area contributed by atoms with Gasteiger partial charge in [0.05, 0.1) is 31.0 Å². The van der Waals surface area contributed by atoms with Gasteiger partial charge in [0.15, 0.2) is 34.3 Å². The number of halogens is 2. The van der Waals surface area contributed by atoms with Crippen LogP contribution in [0.5, 0.6) is 23.0 Å². The van der Waals surface area contributed by atoms with Crippen molar-refractivity contribution in [1.29, 1.82) is 0 Å². The van der Waals surface area contributed by atoms with Gasteiger partial charge in [-0.3, -0.25) is 4.79 Å². The molecule has 4 aromatic heterocycles. The fourth-order valence-electron chi connectivity index (χ4n) is 6.41. The van der Waals surface area contributed by atoms with Gasteiger partial charge in [-0.05, 0) is 38.1 Å². The number of carbonyl (C=O) groups is 2. The van der Waals surface area contributed by atoms with E-state index >= 15 is 0 Å². The number of anilines is 2. The Morgan fingerprint density at radius 3 is 2.53 bits per heavy atom. The number of carboxylic acids is 1. The molecule has 0 aliphatic carbocycles. The highest BCUT2D eigenvalue weighted by molar-refractivity contribution is 5.99. The SMILES string of the molecule is CC(Nc1ccn2ncc(C(=O)O)c2n1)c1cc(F)cc2c1OC[C@H](CN)O2.CC1Nc2ccn3ncc(c3n2)C(=O)NC[C@H]2COc3c(cc(F)cc31)O2. The minimum absolute atomic E-state index is 0.0102. The van der Waals surface area contributed by atoms with Crippen LogP contribution >= 0.6 is 0 Å². The van der Waals surface area contributed by atoms with Crippen LogP contribution in [0.25, 0.3) is 11.3 Å². The van der Waals surface area contributed by atoms with Crippen molar-refractivity contribution in [1.82, 2.24) is 34.5 Å². The second-order valence-electron chi connectivity index (χ2n) is 13.0. The Bertz CT molecular complexity index is 2460. The zero-order valence-corrected chi connectivity index (χ0v) is 29.3. The third-order valence-corrected chi connectivity index (χ3v) is 9.14. The highest BCUT2D eigenvalue weighted by Gasteiger charge is 2.29. The zero-order chi connectivity index (χ0) is 38.4. The van der Waals surface area contributed by atoms with Crippen LogP contribution in [0.1, 0.15) is 57.8 Å². The zero-order valence-electron chi connectivity index (χ0n) is 29.3. The van der Waals surface area contributed by atoms with E-state index in [1.165, 1.54) is 45.7 Å². The first-order chi connectivity index (χ1) is 26.5. The van der Waals surface area contributed by atoms with Gasteiger partial charge in [0.2, 0.25) is 0 Å². The molecule has 8 heterocycles. The van der Waals surface area contributed by atoms with E-state index in [4.69, 9.17) is 24.7 Å². The Morgan fingerprint density at radius 2 is 1.73 bits per heavy atom. The van der Waals surface area contributed by atoms with Crippen LogP contribution in [0.3, 0.4) is 0 Å². The van der Waals surface area contributed by atoms with Crippen LogP contribution in [0.15, 0.2) is 61.2 Å². The van der Waals surface area contributed by atoms with Crippen molar-refractivity contribution < 1.29 is 42.4 Å². The van der Waals surface area contributed by atoms with Gasteiger partial charge in [0.25, 0.3) is 5.91 Å². The summed E-state index contributed by atoms with van der Waals surface area (Å²) in [6, 6.07) is 8.05. The number of benzene rings is 2. The number of amides is 1. The van der Waals surface area contributed by atoms with E-state index in [0.29, 0.717) is 57.0 Å². The van der Waals surface area contributed by atoms with Crippen LogP contribution in [0, 0.1) is 11.6 Å². The van der Waals surface area contributed by atoms with Gasteiger partial charge in [-0.2, -0.15) is 10.2 Å². The number of nitrogens with zero attached hydrogens (tertiary/aromatic N) is 6. The van der Waals surface area contributed by atoms with Gasteiger partial charge in [-0.25, -0.2) is 32.6 Å². The van der Waals surface area contributed by atoms with Gasteiger partial charge in [-0.1, -0.05) is 0 Å². The number of aromatic carboxylic acids is 1. The number of carbonyl (C=O) groups excluding carboxylic acids is 1. The average molecular weight is 757 g/mol. The first kappa shape index (κ1) is 35.3. The molecular weight excluding hydrogens is 722 g/mol. The summed E-state index contributed by atoms with van der Waals surface area (Å²) >= 11 is 0. The second-order valence-corrected chi connectivity index (χ2v) is 13.0. The molecule has 2 aromatic carbocycles. The molecule has 0 saturated heterocycles. The van der Waals surface area contributed by atoms with Gasteiger partial charge in [0.1, 0.15) is 59.8 Å². The van der Waals surface area contributed by atoms with Gasteiger partial charge >= 0.3 is 5.97 Å². The number of hydrogen-bond acceptors (Lipinski definition) is 13. The van der Waals surface area contributed by atoms with Crippen LogP contribution in [-0.4, -0.2) is 84.7 Å².